The molecule has 0 aliphatic heterocycles. The van der Waals surface area contributed by atoms with E-state index >= 15 is 0 Å². The summed E-state index contributed by atoms with van der Waals surface area (Å²) < 4.78 is 7.08. The molecule has 5 nitrogen and oxygen atoms in total. The highest BCUT2D eigenvalue weighted by molar-refractivity contribution is 7.26. The number of para-hydroxylation sites is 1. The van der Waals surface area contributed by atoms with Crippen molar-refractivity contribution in [2.75, 3.05) is 0 Å². The van der Waals surface area contributed by atoms with E-state index in [0.29, 0.717) is 17.5 Å². The Bertz CT molecular complexity index is 3060. The van der Waals surface area contributed by atoms with Gasteiger partial charge in [-0.1, -0.05) is 97.1 Å². The van der Waals surface area contributed by atoms with Gasteiger partial charge in [0.05, 0.1) is 5.52 Å². The molecule has 0 saturated carbocycles. The van der Waals surface area contributed by atoms with Crippen LogP contribution in [0.2, 0.25) is 0 Å². The quantitative estimate of drug-likeness (QED) is 0.178. The first-order valence-electron chi connectivity index (χ1n) is 17.5. The van der Waals surface area contributed by atoms with Crippen molar-refractivity contribution in [1.29, 1.82) is 0 Å². The van der Waals surface area contributed by atoms with Gasteiger partial charge in [0.1, 0.15) is 0 Å². The summed E-state index contributed by atoms with van der Waals surface area (Å²) in [6.45, 7) is 0. The molecule has 0 N–H and O–H groups in total. The molecule has 0 radical (unpaired) electrons. The van der Waals surface area contributed by atoms with E-state index < -0.39 is 0 Å². The molecule has 0 unspecified atom stereocenters. The van der Waals surface area contributed by atoms with Gasteiger partial charge in [-0.15, -0.1) is 22.7 Å². The van der Waals surface area contributed by atoms with Crippen molar-refractivity contribution in [2.24, 2.45) is 0 Å². The summed E-state index contributed by atoms with van der Waals surface area (Å²) in [7, 11) is 0. The molecule has 5 heterocycles. The third-order valence-electron chi connectivity index (χ3n) is 10.0. The van der Waals surface area contributed by atoms with Crippen LogP contribution in [0.15, 0.2) is 164 Å². The monoisotopic (exact) mass is 713 g/mol. The van der Waals surface area contributed by atoms with E-state index in [2.05, 4.69) is 149 Å². The summed E-state index contributed by atoms with van der Waals surface area (Å²) in [6, 6.07) is 51.3. The number of thiophene rings is 2. The smallest absolute Gasteiger partial charge is 0.165 e. The van der Waals surface area contributed by atoms with Gasteiger partial charge < -0.3 is 4.57 Å². The maximum atomic E-state index is 5.28. The number of fused-ring (bicyclic) bond motifs is 7. The minimum atomic E-state index is 0.640. The Hall–Kier alpha value is -6.54. The lowest BCUT2D eigenvalue weighted by Gasteiger charge is -2.10. The van der Waals surface area contributed by atoms with Crippen LogP contribution in [0.4, 0.5) is 0 Å². The fourth-order valence-electron chi connectivity index (χ4n) is 7.55. The third kappa shape index (κ3) is 4.89. The largest absolute Gasteiger partial charge is 0.316 e. The first-order valence-corrected chi connectivity index (χ1v) is 19.1. The SMILES string of the molecule is c1cc(-c2nc(-c3cccc4c3sc3ccccc34)nc(-c3cccc4c3sc3ccccc34)n2)cc(-c2cn(-c3ccncc3)c3ccccc23)c1. The van der Waals surface area contributed by atoms with Crippen LogP contribution < -0.4 is 0 Å². The van der Waals surface area contributed by atoms with Crippen molar-refractivity contribution in [2.45, 2.75) is 0 Å². The van der Waals surface area contributed by atoms with Gasteiger partial charge >= 0.3 is 0 Å². The molecule has 0 saturated heterocycles. The summed E-state index contributed by atoms with van der Waals surface area (Å²) in [6.07, 6.45) is 5.88. The lowest BCUT2D eigenvalue weighted by atomic mass is 10.0. The Morgan fingerprint density at radius 2 is 0.943 bits per heavy atom. The first-order chi connectivity index (χ1) is 26.3. The van der Waals surface area contributed by atoms with Gasteiger partial charge in [-0.25, -0.2) is 15.0 Å². The summed E-state index contributed by atoms with van der Waals surface area (Å²) in [4.78, 5) is 20.1. The molecule has 11 aromatic rings. The number of hydrogen-bond acceptors (Lipinski definition) is 6. The Labute approximate surface area is 312 Å². The molecule has 248 valence electrons. The summed E-state index contributed by atoms with van der Waals surface area (Å²) in [5.74, 6) is 1.97. The average molecular weight is 714 g/mol. The predicted octanol–water partition coefficient (Wildman–Crippen LogP) is 12.6. The highest BCUT2D eigenvalue weighted by Gasteiger charge is 2.20. The van der Waals surface area contributed by atoms with Gasteiger partial charge in [-0.2, -0.15) is 0 Å². The lowest BCUT2D eigenvalue weighted by Crippen LogP contribution is -2.00. The van der Waals surface area contributed by atoms with Crippen molar-refractivity contribution in [3.63, 3.8) is 0 Å². The zero-order chi connectivity index (χ0) is 34.9. The Morgan fingerprint density at radius 1 is 0.415 bits per heavy atom. The standard InChI is InChI=1S/C46H27N5S2/c1-4-19-39-31(12-1)38(27-51(39)30-22-24-47-25-23-30)28-10-7-11-29(26-28)44-48-45(36-17-8-15-34-32-13-2-5-20-40(32)52-42(34)36)50-46(49-44)37-18-9-16-35-33-14-3-6-21-41(33)53-43(35)37/h1-27H. The molecule has 0 bridgehead atoms. The predicted molar refractivity (Wildman–Crippen MR) is 222 cm³/mol. The molecule has 53 heavy (non-hydrogen) atoms. The maximum absolute atomic E-state index is 5.28. The van der Waals surface area contributed by atoms with E-state index in [1.807, 2.05) is 24.5 Å². The van der Waals surface area contributed by atoms with Crippen LogP contribution in [-0.4, -0.2) is 24.5 Å². The molecule has 0 atom stereocenters. The highest BCUT2D eigenvalue weighted by atomic mass is 32.1. The van der Waals surface area contributed by atoms with E-state index in [1.54, 1.807) is 22.7 Å². The number of pyridine rings is 1. The van der Waals surface area contributed by atoms with Gasteiger partial charge in [0.2, 0.25) is 0 Å². The Morgan fingerprint density at radius 3 is 1.60 bits per heavy atom. The summed E-state index contributed by atoms with van der Waals surface area (Å²) >= 11 is 3.58. The van der Waals surface area contributed by atoms with E-state index in [0.717, 1.165) is 39.0 Å². The van der Waals surface area contributed by atoms with E-state index in [4.69, 9.17) is 15.0 Å². The lowest BCUT2D eigenvalue weighted by molar-refractivity contribution is 1.08. The minimum absolute atomic E-state index is 0.640. The number of rotatable bonds is 5. The van der Waals surface area contributed by atoms with Crippen LogP contribution in [0.5, 0.6) is 0 Å². The van der Waals surface area contributed by atoms with Crippen LogP contribution in [0.3, 0.4) is 0 Å². The fraction of sp³-hybridized carbons (Fsp3) is 0. The zero-order valence-electron chi connectivity index (χ0n) is 28.1. The first kappa shape index (κ1) is 30.1. The zero-order valence-corrected chi connectivity index (χ0v) is 29.8. The van der Waals surface area contributed by atoms with Crippen molar-refractivity contribution in [3.05, 3.63) is 164 Å². The molecule has 0 amide bonds. The van der Waals surface area contributed by atoms with Gasteiger partial charge in [-0.05, 0) is 54.1 Å². The Balaban J connectivity index is 1.14. The molecule has 6 aromatic carbocycles. The van der Waals surface area contributed by atoms with Crippen LogP contribution in [-0.2, 0) is 0 Å². The molecule has 0 spiro atoms. The second-order valence-corrected chi connectivity index (χ2v) is 15.2. The van der Waals surface area contributed by atoms with Gasteiger partial charge in [-0.3, -0.25) is 4.98 Å². The normalized spacial score (nSPS) is 11.8. The third-order valence-corrected chi connectivity index (χ3v) is 12.5. The molecule has 7 heteroatoms. The van der Waals surface area contributed by atoms with Crippen LogP contribution >= 0.6 is 22.7 Å². The Kier molecular flexibility index (Phi) is 6.83. The number of aromatic nitrogens is 5. The number of nitrogens with zero attached hydrogens (tertiary/aromatic N) is 5. The van der Waals surface area contributed by atoms with Gasteiger partial charge in [0, 0.05) is 92.3 Å². The number of hydrogen-bond donors (Lipinski definition) is 0. The topological polar surface area (TPSA) is 56.5 Å². The van der Waals surface area contributed by atoms with Gasteiger partial charge in [0.25, 0.3) is 0 Å². The molecular formula is C46H27N5S2. The highest BCUT2D eigenvalue weighted by Crippen LogP contribution is 2.42. The van der Waals surface area contributed by atoms with Crippen LogP contribution in [0, 0.1) is 0 Å². The summed E-state index contributed by atoms with van der Waals surface area (Å²) in [5, 5.41) is 6.10. The average Bonchev–Trinajstić information content (AvgIpc) is 3.93. The maximum Gasteiger partial charge on any atom is 0.165 e. The van der Waals surface area contributed by atoms with Crippen LogP contribution in [0.1, 0.15) is 0 Å². The molecule has 5 aromatic heterocycles. The number of benzene rings is 6. The fourth-order valence-corrected chi connectivity index (χ4v) is 9.97. The van der Waals surface area contributed by atoms with Crippen molar-refractivity contribution < 1.29 is 0 Å². The van der Waals surface area contributed by atoms with Gasteiger partial charge in [0.15, 0.2) is 17.5 Å². The van der Waals surface area contributed by atoms with Crippen molar-refractivity contribution >= 4 is 73.9 Å². The second-order valence-electron chi connectivity index (χ2n) is 13.1. The molecule has 11 rings (SSSR count). The van der Waals surface area contributed by atoms with Crippen molar-refractivity contribution in [1.82, 2.24) is 24.5 Å². The minimum Gasteiger partial charge on any atom is -0.316 e. The molecule has 0 fully saturated rings. The molecular weight excluding hydrogens is 687 g/mol. The second kappa shape index (κ2) is 12.0. The van der Waals surface area contributed by atoms with E-state index in [1.165, 1.54) is 45.7 Å². The van der Waals surface area contributed by atoms with Crippen LogP contribution in [0.25, 0.3) is 102 Å². The molecule has 0 aliphatic rings. The van der Waals surface area contributed by atoms with E-state index in [-0.39, 0.29) is 0 Å². The molecule has 0 aliphatic carbocycles. The van der Waals surface area contributed by atoms with E-state index in [9.17, 15) is 0 Å². The summed E-state index contributed by atoms with van der Waals surface area (Å²) in [5.41, 5.74) is 7.38. The van der Waals surface area contributed by atoms with Crippen molar-refractivity contribution in [3.8, 4) is 51.0 Å².